The standard InChI is InChI=1S/C9H12BNO3/c11-7-9-3-1-8(2-4-9)5-6-14-10(12)13/h1-6,12-13H,7,11H2/b6-5+. The molecular weight excluding hydrogens is 181 g/mol. The van der Waals surface area contributed by atoms with Crippen molar-refractivity contribution >= 4 is 13.4 Å². The molecule has 0 atom stereocenters. The lowest BCUT2D eigenvalue weighted by atomic mass is 10.1. The Bertz CT molecular complexity index is 297. The second-order valence-electron chi connectivity index (χ2n) is 2.71. The van der Waals surface area contributed by atoms with Crippen LogP contribution in [0.1, 0.15) is 11.1 Å². The van der Waals surface area contributed by atoms with Gasteiger partial charge in [-0.15, -0.1) is 0 Å². The van der Waals surface area contributed by atoms with Crippen LogP contribution in [-0.4, -0.2) is 17.4 Å². The van der Waals surface area contributed by atoms with Gasteiger partial charge in [-0.1, -0.05) is 24.3 Å². The third kappa shape index (κ3) is 3.61. The van der Waals surface area contributed by atoms with E-state index in [1.807, 2.05) is 24.3 Å². The molecule has 1 aromatic rings. The lowest BCUT2D eigenvalue weighted by Gasteiger charge is -1.98. The summed E-state index contributed by atoms with van der Waals surface area (Å²) in [6, 6.07) is 7.53. The van der Waals surface area contributed by atoms with E-state index in [2.05, 4.69) is 4.65 Å². The lowest BCUT2D eigenvalue weighted by Crippen LogP contribution is -2.12. The molecule has 14 heavy (non-hydrogen) atoms. The van der Waals surface area contributed by atoms with E-state index in [1.54, 1.807) is 6.08 Å². The number of benzene rings is 1. The van der Waals surface area contributed by atoms with Crippen LogP contribution in [0.3, 0.4) is 0 Å². The van der Waals surface area contributed by atoms with Crippen LogP contribution in [0.2, 0.25) is 0 Å². The first-order valence-corrected chi connectivity index (χ1v) is 4.19. The van der Waals surface area contributed by atoms with E-state index in [1.165, 1.54) is 6.26 Å². The summed E-state index contributed by atoms with van der Waals surface area (Å²) in [6.07, 6.45) is 2.85. The van der Waals surface area contributed by atoms with Crippen molar-refractivity contribution in [1.82, 2.24) is 0 Å². The van der Waals surface area contributed by atoms with Gasteiger partial charge in [0, 0.05) is 6.54 Å². The Morgan fingerprint density at radius 2 is 1.93 bits per heavy atom. The number of hydrogen-bond donors (Lipinski definition) is 3. The highest BCUT2D eigenvalue weighted by Gasteiger charge is 2.05. The summed E-state index contributed by atoms with van der Waals surface area (Å²) in [5.41, 5.74) is 7.38. The molecule has 1 rings (SSSR count). The molecule has 4 N–H and O–H groups in total. The topological polar surface area (TPSA) is 75.7 Å². The molecule has 0 heterocycles. The van der Waals surface area contributed by atoms with E-state index in [0.29, 0.717) is 6.54 Å². The maximum Gasteiger partial charge on any atom is 0.707 e. The van der Waals surface area contributed by atoms with E-state index in [-0.39, 0.29) is 0 Å². The van der Waals surface area contributed by atoms with Gasteiger partial charge in [-0.05, 0) is 17.2 Å². The summed E-state index contributed by atoms with van der Waals surface area (Å²) in [5, 5.41) is 16.8. The minimum Gasteiger partial charge on any atom is -0.518 e. The maximum absolute atomic E-state index is 8.38. The highest BCUT2D eigenvalue weighted by Crippen LogP contribution is 2.05. The number of hydrogen-bond acceptors (Lipinski definition) is 4. The molecule has 0 aliphatic heterocycles. The Balaban J connectivity index is 2.55. The summed E-state index contributed by atoms with van der Waals surface area (Å²) in [6.45, 7) is 0.510. The SMILES string of the molecule is NCc1ccc(/C=C/OB(O)O)cc1. The van der Waals surface area contributed by atoms with Gasteiger partial charge >= 0.3 is 7.32 Å². The predicted octanol–water partition coefficient (Wildman–Crippen LogP) is 0.102. The average molecular weight is 193 g/mol. The van der Waals surface area contributed by atoms with Gasteiger partial charge in [0.2, 0.25) is 0 Å². The van der Waals surface area contributed by atoms with Crippen LogP contribution in [0.4, 0.5) is 0 Å². The van der Waals surface area contributed by atoms with Crippen LogP contribution in [0.15, 0.2) is 30.5 Å². The zero-order valence-corrected chi connectivity index (χ0v) is 7.63. The molecule has 0 spiro atoms. The zero-order valence-electron chi connectivity index (χ0n) is 7.63. The Morgan fingerprint density at radius 3 is 2.43 bits per heavy atom. The molecule has 0 aliphatic rings. The molecule has 0 saturated heterocycles. The molecule has 0 aromatic heterocycles. The molecule has 5 heteroatoms. The van der Waals surface area contributed by atoms with Crippen molar-refractivity contribution in [2.24, 2.45) is 5.73 Å². The molecule has 0 amide bonds. The molecule has 0 fully saturated rings. The van der Waals surface area contributed by atoms with Crippen LogP contribution < -0.4 is 5.73 Å². The van der Waals surface area contributed by atoms with E-state index in [4.69, 9.17) is 15.8 Å². The fraction of sp³-hybridized carbons (Fsp3) is 0.111. The first-order chi connectivity index (χ1) is 6.72. The largest absolute Gasteiger partial charge is 0.707 e. The molecule has 0 unspecified atom stereocenters. The van der Waals surface area contributed by atoms with Gasteiger partial charge in [-0.2, -0.15) is 0 Å². The van der Waals surface area contributed by atoms with Crippen LogP contribution in [-0.2, 0) is 11.2 Å². The van der Waals surface area contributed by atoms with Crippen LogP contribution >= 0.6 is 0 Å². The van der Waals surface area contributed by atoms with Crippen LogP contribution in [0.25, 0.3) is 6.08 Å². The molecule has 0 saturated carbocycles. The Kier molecular flexibility index (Phi) is 4.19. The number of nitrogens with two attached hydrogens (primary N) is 1. The van der Waals surface area contributed by atoms with Gasteiger partial charge in [0.15, 0.2) is 0 Å². The molecule has 0 bridgehead atoms. The van der Waals surface area contributed by atoms with Crippen molar-refractivity contribution < 1.29 is 14.7 Å². The minimum absolute atomic E-state index is 0.510. The van der Waals surface area contributed by atoms with Crippen LogP contribution in [0, 0.1) is 0 Å². The molecular formula is C9H12BNO3. The lowest BCUT2D eigenvalue weighted by molar-refractivity contribution is 0.258. The summed E-state index contributed by atoms with van der Waals surface area (Å²) in [5.74, 6) is 0. The molecule has 1 aromatic carbocycles. The van der Waals surface area contributed by atoms with Gasteiger partial charge in [0.05, 0.1) is 6.26 Å². The van der Waals surface area contributed by atoms with Crippen molar-refractivity contribution in [3.63, 3.8) is 0 Å². The van der Waals surface area contributed by atoms with Crippen molar-refractivity contribution in [2.75, 3.05) is 0 Å². The van der Waals surface area contributed by atoms with E-state index >= 15 is 0 Å². The summed E-state index contributed by atoms with van der Waals surface area (Å²) in [4.78, 5) is 0. The smallest absolute Gasteiger partial charge is 0.518 e. The first kappa shape index (κ1) is 10.8. The van der Waals surface area contributed by atoms with Gasteiger partial charge in [0.1, 0.15) is 0 Å². The minimum atomic E-state index is -1.77. The number of rotatable bonds is 4. The Hall–Kier alpha value is -1.30. The third-order valence-electron chi connectivity index (χ3n) is 1.68. The zero-order chi connectivity index (χ0) is 10.4. The Labute approximate surface area is 82.8 Å². The quantitative estimate of drug-likeness (QED) is 0.468. The maximum atomic E-state index is 8.38. The van der Waals surface area contributed by atoms with Gasteiger partial charge in [-0.25, -0.2) is 0 Å². The van der Waals surface area contributed by atoms with Crippen LogP contribution in [0.5, 0.6) is 0 Å². The third-order valence-corrected chi connectivity index (χ3v) is 1.68. The fourth-order valence-electron chi connectivity index (χ4n) is 0.953. The summed E-state index contributed by atoms with van der Waals surface area (Å²) in [7, 11) is -1.77. The van der Waals surface area contributed by atoms with E-state index in [0.717, 1.165) is 11.1 Å². The summed E-state index contributed by atoms with van der Waals surface area (Å²) >= 11 is 0. The second kappa shape index (κ2) is 5.44. The van der Waals surface area contributed by atoms with Gasteiger partial charge in [-0.3, -0.25) is 0 Å². The highest BCUT2D eigenvalue weighted by atomic mass is 16.6. The molecule has 74 valence electrons. The fourth-order valence-corrected chi connectivity index (χ4v) is 0.953. The van der Waals surface area contributed by atoms with Gasteiger partial charge in [0.25, 0.3) is 0 Å². The van der Waals surface area contributed by atoms with E-state index in [9.17, 15) is 0 Å². The Morgan fingerprint density at radius 1 is 1.29 bits per heavy atom. The normalized spacial score (nSPS) is 10.5. The van der Waals surface area contributed by atoms with Crippen molar-refractivity contribution in [3.05, 3.63) is 41.7 Å². The molecule has 0 radical (unpaired) electrons. The molecule has 4 nitrogen and oxygen atoms in total. The monoisotopic (exact) mass is 193 g/mol. The van der Waals surface area contributed by atoms with Crippen molar-refractivity contribution in [3.8, 4) is 0 Å². The first-order valence-electron chi connectivity index (χ1n) is 4.19. The predicted molar refractivity (Wildman–Crippen MR) is 54.6 cm³/mol. The van der Waals surface area contributed by atoms with E-state index < -0.39 is 7.32 Å². The highest BCUT2D eigenvalue weighted by molar-refractivity contribution is 6.32. The summed E-state index contributed by atoms with van der Waals surface area (Å²) < 4.78 is 4.41. The molecule has 0 aliphatic carbocycles. The van der Waals surface area contributed by atoms with Crippen molar-refractivity contribution in [2.45, 2.75) is 6.54 Å². The van der Waals surface area contributed by atoms with Crippen molar-refractivity contribution in [1.29, 1.82) is 0 Å². The second-order valence-corrected chi connectivity index (χ2v) is 2.71. The average Bonchev–Trinajstić information content (AvgIpc) is 2.18. The van der Waals surface area contributed by atoms with Gasteiger partial charge < -0.3 is 20.4 Å².